The highest BCUT2D eigenvalue weighted by Gasteiger charge is 2.04. The molecule has 1 aromatic heterocycles. The van der Waals surface area contributed by atoms with E-state index in [1.807, 2.05) is 13.0 Å². The zero-order chi connectivity index (χ0) is 12.0. The van der Waals surface area contributed by atoms with Crippen molar-refractivity contribution in [2.45, 2.75) is 33.0 Å². The highest BCUT2D eigenvalue weighted by molar-refractivity contribution is 5.95. The Kier molecular flexibility index (Phi) is 4.72. The number of nitrogens with zero attached hydrogens (tertiary/aromatic N) is 2. The summed E-state index contributed by atoms with van der Waals surface area (Å²) in [6.07, 6.45) is 2.81. The molecule has 0 aliphatic rings. The molecule has 16 heavy (non-hydrogen) atoms. The van der Waals surface area contributed by atoms with Gasteiger partial charge in [-0.25, -0.2) is 0 Å². The number of ether oxygens (including phenoxy) is 1. The lowest BCUT2D eigenvalue weighted by Crippen LogP contribution is -2.15. The van der Waals surface area contributed by atoms with Gasteiger partial charge >= 0.3 is 0 Å². The van der Waals surface area contributed by atoms with Crippen molar-refractivity contribution in [3.05, 3.63) is 29.6 Å². The molecule has 0 spiro atoms. The molecule has 5 heteroatoms. The average molecular weight is 223 g/mol. The molecule has 88 valence electrons. The Balaban J connectivity index is 2.68. The van der Waals surface area contributed by atoms with Crippen LogP contribution < -0.4 is 5.73 Å². The molecule has 0 fully saturated rings. The van der Waals surface area contributed by atoms with E-state index in [-0.39, 0.29) is 11.9 Å². The molecule has 5 nitrogen and oxygen atoms in total. The van der Waals surface area contributed by atoms with Gasteiger partial charge < -0.3 is 15.7 Å². The van der Waals surface area contributed by atoms with Crippen molar-refractivity contribution in [3.8, 4) is 0 Å². The van der Waals surface area contributed by atoms with E-state index in [0.29, 0.717) is 12.3 Å². The van der Waals surface area contributed by atoms with Gasteiger partial charge in [0.2, 0.25) is 0 Å². The van der Waals surface area contributed by atoms with Crippen LogP contribution in [-0.2, 0) is 11.3 Å². The Morgan fingerprint density at radius 3 is 3.06 bits per heavy atom. The van der Waals surface area contributed by atoms with Crippen molar-refractivity contribution in [2.24, 2.45) is 10.9 Å². The maximum atomic E-state index is 8.53. The van der Waals surface area contributed by atoms with Crippen molar-refractivity contribution in [3.63, 3.8) is 0 Å². The summed E-state index contributed by atoms with van der Waals surface area (Å²) in [5.41, 5.74) is 6.85. The van der Waals surface area contributed by atoms with Gasteiger partial charge in [0.1, 0.15) is 5.69 Å². The third-order valence-electron chi connectivity index (χ3n) is 2.30. The van der Waals surface area contributed by atoms with Gasteiger partial charge in [0.05, 0.1) is 12.7 Å². The van der Waals surface area contributed by atoms with E-state index in [1.54, 1.807) is 12.3 Å². The number of pyridine rings is 1. The summed E-state index contributed by atoms with van der Waals surface area (Å²) < 4.78 is 5.57. The standard InChI is InChI=1S/C11H17N3O2/c1-3-8(2)16-7-9-4-5-13-10(6-9)11(12)14-15/h4-6,8,15H,3,7H2,1-2H3,(H2,12,14). The van der Waals surface area contributed by atoms with Crippen LogP contribution in [-0.4, -0.2) is 22.1 Å². The lowest BCUT2D eigenvalue weighted by atomic mass is 10.2. The fourth-order valence-corrected chi connectivity index (χ4v) is 1.11. The molecule has 1 heterocycles. The smallest absolute Gasteiger partial charge is 0.188 e. The maximum Gasteiger partial charge on any atom is 0.188 e. The van der Waals surface area contributed by atoms with Crippen LogP contribution in [0.1, 0.15) is 31.5 Å². The zero-order valence-corrected chi connectivity index (χ0v) is 9.55. The molecule has 0 aliphatic heterocycles. The van der Waals surface area contributed by atoms with Gasteiger partial charge in [0, 0.05) is 6.20 Å². The van der Waals surface area contributed by atoms with Crippen molar-refractivity contribution in [1.82, 2.24) is 4.98 Å². The van der Waals surface area contributed by atoms with Crippen molar-refractivity contribution in [1.29, 1.82) is 0 Å². The number of aromatic nitrogens is 1. The van der Waals surface area contributed by atoms with E-state index < -0.39 is 0 Å². The summed E-state index contributed by atoms with van der Waals surface area (Å²) >= 11 is 0. The minimum atomic E-state index is 0.00499. The Morgan fingerprint density at radius 2 is 2.44 bits per heavy atom. The number of hydrogen-bond donors (Lipinski definition) is 2. The van der Waals surface area contributed by atoms with Gasteiger partial charge in [-0.1, -0.05) is 12.1 Å². The Hall–Kier alpha value is -1.62. The largest absolute Gasteiger partial charge is 0.409 e. The summed E-state index contributed by atoms with van der Waals surface area (Å²) in [5, 5.41) is 11.4. The number of hydrogen-bond acceptors (Lipinski definition) is 4. The molecular formula is C11H17N3O2. The predicted octanol–water partition coefficient (Wildman–Crippen LogP) is 1.49. The minimum absolute atomic E-state index is 0.00499. The van der Waals surface area contributed by atoms with Crippen LogP contribution >= 0.6 is 0 Å². The maximum absolute atomic E-state index is 8.53. The molecule has 1 atom stereocenters. The summed E-state index contributed by atoms with van der Waals surface area (Å²) in [5.74, 6) is 0.00499. The Morgan fingerprint density at radius 1 is 1.69 bits per heavy atom. The second-order valence-electron chi connectivity index (χ2n) is 3.56. The zero-order valence-electron chi connectivity index (χ0n) is 9.55. The van der Waals surface area contributed by atoms with E-state index in [0.717, 1.165) is 12.0 Å². The van der Waals surface area contributed by atoms with Crippen LogP contribution in [0.15, 0.2) is 23.5 Å². The first-order valence-corrected chi connectivity index (χ1v) is 5.21. The van der Waals surface area contributed by atoms with Crippen LogP contribution in [0, 0.1) is 0 Å². The lowest BCUT2D eigenvalue weighted by Gasteiger charge is -2.10. The van der Waals surface area contributed by atoms with E-state index >= 15 is 0 Å². The first-order chi connectivity index (χ1) is 7.67. The molecule has 0 aliphatic carbocycles. The van der Waals surface area contributed by atoms with E-state index in [4.69, 9.17) is 15.7 Å². The molecule has 1 rings (SSSR count). The number of amidine groups is 1. The van der Waals surface area contributed by atoms with Crippen LogP contribution in [0.5, 0.6) is 0 Å². The van der Waals surface area contributed by atoms with Gasteiger partial charge in [0.15, 0.2) is 5.84 Å². The highest BCUT2D eigenvalue weighted by Crippen LogP contribution is 2.06. The molecule has 0 saturated carbocycles. The Bertz CT molecular complexity index is 366. The van der Waals surface area contributed by atoms with E-state index in [9.17, 15) is 0 Å². The van der Waals surface area contributed by atoms with Crippen LogP contribution in [0.25, 0.3) is 0 Å². The molecule has 1 unspecified atom stereocenters. The molecular weight excluding hydrogens is 206 g/mol. The van der Waals surface area contributed by atoms with Gasteiger partial charge in [-0.3, -0.25) is 4.98 Å². The quantitative estimate of drug-likeness (QED) is 0.343. The topological polar surface area (TPSA) is 80.7 Å². The van der Waals surface area contributed by atoms with Crippen LogP contribution in [0.2, 0.25) is 0 Å². The SMILES string of the molecule is CCC(C)OCc1ccnc(C(N)=NO)c1. The molecule has 0 aromatic carbocycles. The second kappa shape index (κ2) is 6.07. The monoisotopic (exact) mass is 223 g/mol. The van der Waals surface area contributed by atoms with Gasteiger partial charge in [-0.05, 0) is 31.0 Å². The lowest BCUT2D eigenvalue weighted by molar-refractivity contribution is 0.0508. The summed E-state index contributed by atoms with van der Waals surface area (Å²) in [4.78, 5) is 3.99. The predicted molar refractivity (Wildman–Crippen MR) is 61.3 cm³/mol. The van der Waals surface area contributed by atoms with Gasteiger partial charge in [0.25, 0.3) is 0 Å². The highest BCUT2D eigenvalue weighted by atomic mass is 16.5. The third kappa shape index (κ3) is 3.51. The third-order valence-corrected chi connectivity index (χ3v) is 2.30. The first-order valence-electron chi connectivity index (χ1n) is 5.21. The number of oxime groups is 1. The molecule has 1 aromatic rings. The van der Waals surface area contributed by atoms with Crippen LogP contribution in [0.3, 0.4) is 0 Å². The number of rotatable bonds is 5. The minimum Gasteiger partial charge on any atom is -0.409 e. The fourth-order valence-electron chi connectivity index (χ4n) is 1.11. The second-order valence-corrected chi connectivity index (χ2v) is 3.56. The molecule has 0 amide bonds. The Labute approximate surface area is 94.9 Å². The molecule has 0 bridgehead atoms. The fraction of sp³-hybridized carbons (Fsp3) is 0.455. The van der Waals surface area contributed by atoms with Crippen LogP contribution in [0.4, 0.5) is 0 Å². The normalized spacial score (nSPS) is 13.8. The molecule has 0 saturated heterocycles. The van der Waals surface area contributed by atoms with Crippen molar-refractivity contribution < 1.29 is 9.94 Å². The van der Waals surface area contributed by atoms with Gasteiger partial charge in [-0.15, -0.1) is 0 Å². The van der Waals surface area contributed by atoms with Crippen molar-refractivity contribution in [2.75, 3.05) is 0 Å². The number of nitrogens with two attached hydrogens (primary N) is 1. The first kappa shape index (κ1) is 12.4. The van der Waals surface area contributed by atoms with E-state index in [2.05, 4.69) is 17.1 Å². The molecule has 0 radical (unpaired) electrons. The van der Waals surface area contributed by atoms with Gasteiger partial charge in [-0.2, -0.15) is 0 Å². The summed E-state index contributed by atoms with van der Waals surface area (Å²) in [6.45, 7) is 4.59. The summed E-state index contributed by atoms with van der Waals surface area (Å²) in [6, 6.07) is 3.59. The molecule has 3 N–H and O–H groups in total. The van der Waals surface area contributed by atoms with E-state index in [1.165, 1.54) is 0 Å². The van der Waals surface area contributed by atoms with Crippen molar-refractivity contribution >= 4 is 5.84 Å². The summed E-state index contributed by atoms with van der Waals surface area (Å²) in [7, 11) is 0. The average Bonchev–Trinajstić information content (AvgIpc) is 2.35.